The number of ketones is 1. The Kier molecular flexibility index (Phi) is 5.48. The SMILES string of the molecule is O=C1c2cc(S(=O)(=O)NC3CCCC3)ccc2-c2ccc(S(=O)(=O)NC3CCCC3)cc21. The second kappa shape index (κ2) is 8.06. The normalized spacial score (nSPS) is 19.4. The minimum Gasteiger partial charge on any atom is -0.289 e. The predicted octanol–water partition coefficient (Wildman–Crippen LogP) is 3.34. The third kappa shape index (κ3) is 3.91. The number of sulfonamides is 2. The molecule has 32 heavy (non-hydrogen) atoms. The van der Waals surface area contributed by atoms with Gasteiger partial charge in [-0.3, -0.25) is 4.79 Å². The van der Waals surface area contributed by atoms with Gasteiger partial charge in [0, 0.05) is 23.2 Å². The van der Waals surface area contributed by atoms with Gasteiger partial charge in [-0.1, -0.05) is 37.8 Å². The van der Waals surface area contributed by atoms with Gasteiger partial charge in [0.2, 0.25) is 20.0 Å². The molecule has 0 saturated heterocycles. The lowest BCUT2D eigenvalue weighted by molar-refractivity contribution is 0.104. The summed E-state index contributed by atoms with van der Waals surface area (Å²) in [5.74, 6) is -0.356. The topological polar surface area (TPSA) is 109 Å². The van der Waals surface area contributed by atoms with Crippen LogP contribution in [0.25, 0.3) is 11.1 Å². The van der Waals surface area contributed by atoms with Gasteiger partial charge in [-0.15, -0.1) is 0 Å². The third-order valence-electron chi connectivity index (χ3n) is 6.74. The van der Waals surface area contributed by atoms with Crippen molar-refractivity contribution in [1.29, 1.82) is 0 Å². The van der Waals surface area contributed by atoms with E-state index in [1.54, 1.807) is 12.1 Å². The summed E-state index contributed by atoms with van der Waals surface area (Å²) in [5.41, 5.74) is 1.82. The highest BCUT2D eigenvalue weighted by Crippen LogP contribution is 2.39. The molecule has 0 aromatic heterocycles. The number of hydrogen-bond donors (Lipinski definition) is 2. The van der Waals surface area contributed by atoms with Crippen molar-refractivity contribution in [3.05, 3.63) is 47.5 Å². The van der Waals surface area contributed by atoms with E-state index < -0.39 is 20.0 Å². The van der Waals surface area contributed by atoms with Gasteiger partial charge in [0.05, 0.1) is 9.79 Å². The lowest BCUT2D eigenvalue weighted by Gasteiger charge is -2.13. The van der Waals surface area contributed by atoms with Gasteiger partial charge < -0.3 is 0 Å². The van der Waals surface area contributed by atoms with Crippen molar-refractivity contribution in [2.45, 2.75) is 73.2 Å². The van der Waals surface area contributed by atoms with Crippen LogP contribution in [0.2, 0.25) is 0 Å². The summed E-state index contributed by atoms with van der Waals surface area (Å²) in [6.45, 7) is 0. The molecule has 0 atom stereocenters. The van der Waals surface area contributed by atoms with Gasteiger partial charge in [0.1, 0.15) is 0 Å². The Labute approximate surface area is 188 Å². The lowest BCUT2D eigenvalue weighted by atomic mass is 10.1. The molecular formula is C23H26N2O5S2. The third-order valence-corrected chi connectivity index (χ3v) is 9.77. The van der Waals surface area contributed by atoms with Gasteiger partial charge in [0.15, 0.2) is 5.78 Å². The molecule has 2 fully saturated rings. The summed E-state index contributed by atoms with van der Waals surface area (Å²) >= 11 is 0. The van der Waals surface area contributed by atoms with Crippen molar-refractivity contribution >= 4 is 25.8 Å². The molecule has 2 aromatic carbocycles. The van der Waals surface area contributed by atoms with Gasteiger partial charge in [-0.25, -0.2) is 26.3 Å². The number of benzene rings is 2. The summed E-state index contributed by atoms with van der Waals surface area (Å²) in [5, 5.41) is 0. The zero-order valence-electron chi connectivity index (χ0n) is 17.6. The predicted molar refractivity (Wildman–Crippen MR) is 120 cm³/mol. The van der Waals surface area contributed by atoms with Crippen LogP contribution in [0.3, 0.4) is 0 Å². The number of rotatable bonds is 6. The van der Waals surface area contributed by atoms with E-state index in [0.717, 1.165) is 51.4 Å². The molecule has 5 rings (SSSR count). The molecular weight excluding hydrogens is 448 g/mol. The first-order valence-electron chi connectivity index (χ1n) is 11.1. The molecule has 0 radical (unpaired) electrons. The first-order chi connectivity index (χ1) is 15.2. The maximum Gasteiger partial charge on any atom is 0.240 e. The van der Waals surface area contributed by atoms with E-state index >= 15 is 0 Å². The van der Waals surface area contributed by atoms with Gasteiger partial charge >= 0.3 is 0 Å². The number of carbonyl (C=O) groups excluding carboxylic acids is 1. The van der Waals surface area contributed by atoms with Crippen LogP contribution in [-0.4, -0.2) is 34.7 Å². The highest BCUT2D eigenvalue weighted by Gasteiger charge is 2.32. The monoisotopic (exact) mass is 474 g/mol. The van der Waals surface area contributed by atoms with Crippen molar-refractivity contribution in [2.24, 2.45) is 0 Å². The minimum atomic E-state index is -3.73. The van der Waals surface area contributed by atoms with Crippen LogP contribution in [0.1, 0.15) is 67.3 Å². The molecule has 0 heterocycles. The number of hydrogen-bond acceptors (Lipinski definition) is 5. The maximum absolute atomic E-state index is 13.1. The summed E-state index contributed by atoms with van der Waals surface area (Å²) in [6.07, 6.45) is 7.30. The van der Waals surface area contributed by atoms with Crippen LogP contribution in [0.15, 0.2) is 46.2 Å². The average molecular weight is 475 g/mol. The van der Waals surface area contributed by atoms with Crippen molar-refractivity contribution < 1.29 is 21.6 Å². The fourth-order valence-corrected chi connectivity index (χ4v) is 7.70. The van der Waals surface area contributed by atoms with Gasteiger partial charge in [0.25, 0.3) is 0 Å². The second-order valence-electron chi connectivity index (χ2n) is 8.95. The molecule has 2 aromatic rings. The lowest BCUT2D eigenvalue weighted by Crippen LogP contribution is -2.32. The van der Waals surface area contributed by atoms with E-state index in [9.17, 15) is 21.6 Å². The quantitative estimate of drug-likeness (QED) is 0.569. The largest absolute Gasteiger partial charge is 0.289 e. The smallest absolute Gasteiger partial charge is 0.240 e. The maximum atomic E-state index is 13.1. The Balaban J connectivity index is 1.44. The van der Waals surface area contributed by atoms with E-state index in [2.05, 4.69) is 9.44 Å². The highest BCUT2D eigenvalue weighted by molar-refractivity contribution is 7.89. The van der Waals surface area contributed by atoms with Crippen LogP contribution in [0.5, 0.6) is 0 Å². The molecule has 0 aliphatic heterocycles. The Hall–Kier alpha value is -2.07. The Morgan fingerprint density at radius 1 is 0.594 bits per heavy atom. The van der Waals surface area contributed by atoms with E-state index in [1.807, 2.05) is 0 Å². The molecule has 0 unspecified atom stereocenters. The number of nitrogens with one attached hydrogen (secondary N) is 2. The minimum absolute atomic E-state index is 0.0556. The number of carbonyl (C=O) groups is 1. The molecule has 170 valence electrons. The molecule has 2 saturated carbocycles. The summed E-state index contributed by atoms with van der Waals surface area (Å²) in [6, 6.07) is 8.94. The Morgan fingerprint density at radius 3 is 1.34 bits per heavy atom. The van der Waals surface area contributed by atoms with Crippen molar-refractivity contribution in [1.82, 2.24) is 9.44 Å². The molecule has 7 nitrogen and oxygen atoms in total. The first-order valence-corrected chi connectivity index (χ1v) is 14.1. The van der Waals surface area contributed by atoms with Crippen LogP contribution in [0, 0.1) is 0 Å². The van der Waals surface area contributed by atoms with E-state index in [4.69, 9.17) is 0 Å². The molecule has 0 amide bonds. The fourth-order valence-electron chi connectivity index (χ4n) is 5.03. The fraction of sp³-hybridized carbons (Fsp3) is 0.435. The molecule has 0 bridgehead atoms. The van der Waals surface area contributed by atoms with Crippen molar-refractivity contribution in [2.75, 3.05) is 0 Å². The summed E-state index contributed by atoms with van der Waals surface area (Å²) < 4.78 is 56.7. The standard InChI is InChI=1S/C23H26N2O5S2/c26-23-21-13-17(31(27,28)24-15-5-1-2-6-15)9-11-19(21)20-12-10-18(14-22(20)23)32(29,30)25-16-7-3-4-8-16/h9-16,24-25H,1-8H2. The van der Waals surface area contributed by atoms with Crippen LogP contribution >= 0.6 is 0 Å². The van der Waals surface area contributed by atoms with Crippen molar-refractivity contribution in [3.8, 4) is 11.1 Å². The zero-order valence-corrected chi connectivity index (χ0v) is 19.3. The van der Waals surface area contributed by atoms with E-state index in [-0.39, 0.29) is 38.8 Å². The summed E-state index contributed by atoms with van der Waals surface area (Å²) in [4.78, 5) is 13.2. The van der Waals surface area contributed by atoms with Gasteiger partial charge in [-0.2, -0.15) is 0 Å². The zero-order chi connectivity index (χ0) is 22.5. The Morgan fingerprint density at radius 2 is 0.969 bits per heavy atom. The second-order valence-corrected chi connectivity index (χ2v) is 12.4. The summed E-state index contributed by atoms with van der Waals surface area (Å²) in [7, 11) is -7.46. The molecule has 9 heteroatoms. The molecule has 3 aliphatic carbocycles. The molecule has 0 spiro atoms. The highest BCUT2D eigenvalue weighted by atomic mass is 32.2. The van der Waals surface area contributed by atoms with Crippen LogP contribution < -0.4 is 9.44 Å². The van der Waals surface area contributed by atoms with Crippen LogP contribution in [-0.2, 0) is 20.0 Å². The Bertz CT molecular complexity index is 1190. The first kappa shape index (κ1) is 21.8. The van der Waals surface area contributed by atoms with E-state index in [0.29, 0.717) is 11.1 Å². The molecule has 2 N–H and O–H groups in total. The number of fused-ring (bicyclic) bond motifs is 3. The van der Waals surface area contributed by atoms with Gasteiger partial charge in [-0.05, 0) is 61.1 Å². The van der Waals surface area contributed by atoms with Crippen LogP contribution in [0.4, 0.5) is 0 Å². The molecule has 3 aliphatic rings. The van der Waals surface area contributed by atoms with E-state index in [1.165, 1.54) is 24.3 Å². The average Bonchev–Trinajstić information content (AvgIpc) is 3.50. The van der Waals surface area contributed by atoms with Crippen molar-refractivity contribution in [3.63, 3.8) is 0 Å².